The summed E-state index contributed by atoms with van der Waals surface area (Å²) >= 11 is 0. The molecule has 0 saturated carbocycles. The van der Waals surface area contributed by atoms with Crippen molar-refractivity contribution < 1.29 is 9.53 Å². The molecule has 0 aromatic carbocycles. The van der Waals surface area contributed by atoms with E-state index < -0.39 is 0 Å². The van der Waals surface area contributed by atoms with E-state index in [1.165, 1.54) is 0 Å². The van der Waals surface area contributed by atoms with Gasteiger partial charge in [0.05, 0.1) is 18.1 Å². The van der Waals surface area contributed by atoms with Crippen LogP contribution in [-0.2, 0) is 9.53 Å². The lowest BCUT2D eigenvalue weighted by molar-refractivity contribution is -0.142. The Bertz CT molecular complexity index is 300. The van der Waals surface area contributed by atoms with Crippen molar-refractivity contribution in [3.8, 4) is 6.07 Å². The minimum absolute atomic E-state index is 0.0479. The van der Waals surface area contributed by atoms with Gasteiger partial charge < -0.3 is 4.74 Å². The molecule has 2 aliphatic heterocycles. The molecule has 0 spiro atoms. The molecule has 0 bridgehead atoms. The fourth-order valence-electron chi connectivity index (χ4n) is 2.26. The highest BCUT2D eigenvalue weighted by atomic mass is 16.5. The van der Waals surface area contributed by atoms with Crippen molar-refractivity contribution >= 4 is 5.97 Å². The molecular weight excluding hydrogens is 192 g/mol. The van der Waals surface area contributed by atoms with Gasteiger partial charge in [0.1, 0.15) is 6.04 Å². The van der Waals surface area contributed by atoms with Gasteiger partial charge in [0, 0.05) is 19.5 Å². The Kier molecular flexibility index (Phi) is 2.66. The van der Waals surface area contributed by atoms with Crippen molar-refractivity contribution in [2.45, 2.75) is 32.2 Å². The maximum Gasteiger partial charge on any atom is 0.323 e. The molecule has 2 heterocycles. The van der Waals surface area contributed by atoms with Crippen LogP contribution in [0.1, 0.15) is 26.2 Å². The van der Waals surface area contributed by atoms with Crippen molar-refractivity contribution in [1.29, 1.82) is 5.26 Å². The third-order valence-electron chi connectivity index (χ3n) is 3.52. The van der Waals surface area contributed by atoms with Gasteiger partial charge >= 0.3 is 5.97 Å². The van der Waals surface area contributed by atoms with Crippen molar-refractivity contribution in [1.82, 2.24) is 4.90 Å². The molecule has 0 aromatic heterocycles. The predicted octanol–water partition coefficient (Wildman–Crippen LogP) is 0.928. The first kappa shape index (κ1) is 10.4. The van der Waals surface area contributed by atoms with E-state index >= 15 is 0 Å². The van der Waals surface area contributed by atoms with Gasteiger partial charge in [-0.15, -0.1) is 0 Å². The number of ether oxygens (including phenoxy) is 1. The Hall–Kier alpha value is -1.08. The SMILES string of the molecule is CC1(C#N)CCN(C2CCOC2=O)CC1. The first-order valence-electron chi connectivity index (χ1n) is 5.47. The van der Waals surface area contributed by atoms with Crippen LogP contribution in [0.2, 0.25) is 0 Å². The Morgan fingerprint density at radius 3 is 2.67 bits per heavy atom. The number of rotatable bonds is 1. The molecule has 4 heteroatoms. The summed E-state index contributed by atoms with van der Waals surface area (Å²) in [7, 11) is 0. The number of nitrogens with zero attached hydrogens (tertiary/aromatic N) is 2. The minimum atomic E-state index is -0.195. The summed E-state index contributed by atoms with van der Waals surface area (Å²) in [5.41, 5.74) is -0.195. The second kappa shape index (κ2) is 3.82. The third-order valence-corrected chi connectivity index (χ3v) is 3.52. The van der Waals surface area contributed by atoms with Crippen molar-refractivity contribution in [2.24, 2.45) is 5.41 Å². The van der Waals surface area contributed by atoms with E-state index in [0.29, 0.717) is 6.61 Å². The standard InChI is InChI=1S/C11H16N2O2/c1-11(8-12)3-5-13(6-4-11)9-2-7-15-10(9)14/h9H,2-7H2,1H3. The topological polar surface area (TPSA) is 53.3 Å². The van der Waals surface area contributed by atoms with E-state index in [2.05, 4.69) is 11.0 Å². The summed E-state index contributed by atoms with van der Waals surface area (Å²) in [6, 6.07) is 2.31. The quantitative estimate of drug-likeness (QED) is 0.601. The number of carbonyl (C=O) groups is 1. The minimum Gasteiger partial charge on any atom is -0.464 e. The second-order valence-electron chi connectivity index (χ2n) is 4.68. The van der Waals surface area contributed by atoms with E-state index in [9.17, 15) is 4.79 Å². The van der Waals surface area contributed by atoms with Crippen LogP contribution in [0.15, 0.2) is 0 Å². The van der Waals surface area contributed by atoms with Crippen LogP contribution in [0, 0.1) is 16.7 Å². The first-order chi connectivity index (χ1) is 7.14. The molecule has 2 rings (SSSR count). The number of nitriles is 1. The summed E-state index contributed by atoms with van der Waals surface area (Å²) in [5.74, 6) is -0.0874. The molecule has 0 aromatic rings. The number of hydrogen-bond donors (Lipinski definition) is 0. The molecule has 0 aliphatic carbocycles. The number of piperidine rings is 1. The lowest BCUT2D eigenvalue weighted by Gasteiger charge is -2.36. The number of carbonyl (C=O) groups excluding carboxylic acids is 1. The van der Waals surface area contributed by atoms with Crippen LogP contribution in [0.4, 0.5) is 0 Å². The van der Waals surface area contributed by atoms with Crippen molar-refractivity contribution in [3.05, 3.63) is 0 Å². The molecule has 1 unspecified atom stereocenters. The zero-order chi connectivity index (χ0) is 10.9. The number of likely N-dealkylation sites (tertiary alicyclic amines) is 1. The van der Waals surface area contributed by atoms with E-state index in [-0.39, 0.29) is 17.4 Å². The smallest absolute Gasteiger partial charge is 0.323 e. The van der Waals surface area contributed by atoms with Crippen molar-refractivity contribution in [3.63, 3.8) is 0 Å². The summed E-state index contributed by atoms with van der Waals surface area (Å²) in [5, 5.41) is 8.99. The molecule has 2 saturated heterocycles. The molecule has 0 radical (unpaired) electrons. The maximum atomic E-state index is 11.4. The fraction of sp³-hybridized carbons (Fsp3) is 0.818. The lowest BCUT2D eigenvalue weighted by atomic mass is 9.81. The molecule has 1 atom stereocenters. The van der Waals surface area contributed by atoms with E-state index in [4.69, 9.17) is 10.00 Å². The Labute approximate surface area is 89.8 Å². The van der Waals surface area contributed by atoms with Gasteiger partial charge in [-0.25, -0.2) is 0 Å². The molecule has 0 amide bonds. The molecule has 4 nitrogen and oxygen atoms in total. The monoisotopic (exact) mass is 208 g/mol. The highest BCUT2D eigenvalue weighted by Crippen LogP contribution is 2.31. The van der Waals surface area contributed by atoms with Crippen LogP contribution in [-0.4, -0.2) is 36.6 Å². The maximum absolute atomic E-state index is 11.4. The highest BCUT2D eigenvalue weighted by Gasteiger charge is 2.37. The summed E-state index contributed by atoms with van der Waals surface area (Å²) in [6.45, 7) is 4.22. The van der Waals surface area contributed by atoms with Gasteiger partial charge in [-0.3, -0.25) is 9.69 Å². The Morgan fingerprint density at radius 2 is 2.20 bits per heavy atom. The van der Waals surface area contributed by atoms with Gasteiger partial charge in [0.15, 0.2) is 0 Å². The van der Waals surface area contributed by atoms with Crippen LogP contribution in [0.3, 0.4) is 0 Å². The van der Waals surface area contributed by atoms with Gasteiger partial charge in [0.25, 0.3) is 0 Å². The highest BCUT2D eigenvalue weighted by molar-refractivity contribution is 5.77. The third kappa shape index (κ3) is 1.98. The average molecular weight is 208 g/mol. The Balaban J connectivity index is 1.94. The largest absolute Gasteiger partial charge is 0.464 e. The van der Waals surface area contributed by atoms with Crippen LogP contribution in [0.5, 0.6) is 0 Å². The average Bonchev–Trinajstić information content (AvgIpc) is 2.66. The molecule has 2 fully saturated rings. The zero-order valence-corrected chi connectivity index (χ0v) is 9.03. The summed E-state index contributed by atoms with van der Waals surface area (Å²) < 4.78 is 4.95. The lowest BCUT2D eigenvalue weighted by Crippen LogP contribution is -2.45. The number of esters is 1. The van der Waals surface area contributed by atoms with E-state index in [0.717, 1.165) is 32.4 Å². The van der Waals surface area contributed by atoms with Gasteiger partial charge in [0.2, 0.25) is 0 Å². The molecule has 15 heavy (non-hydrogen) atoms. The Morgan fingerprint density at radius 1 is 1.53 bits per heavy atom. The second-order valence-corrected chi connectivity index (χ2v) is 4.68. The van der Waals surface area contributed by atoms with Gasteiger partial charge in [-0.05, 0) is 19.8 Å². The first-order valence-corrected chi connectivity index (χ1v) is 5.47. The van der Waals surface area contributed by atoms with Crippen LogP contribution in [0.25, 0.3) is 0 Å². The number of cyclic esters (lactones) is 1. The molecular formula is C11H16N2O2. The normalized spacial score (nSPS) is 30.9. The van der Waals surface area contributed by atoms with E-state index in [1.807, 2.05) is 6.92 Å². The fourth-order valence-corrected chi connectivity index (χ4v) is 2.26. The molecule has 0 N–H and O–H groups in total. The van der Waals surface area contributed by atoms with Crippen LogP contribution >= 0.6 is 0 Å². The summed E-state index contributed by atoms with van der Waals surface area (Å²) in [4.78, 5) is 13.5. The predicted molar refractivity (Wildman–Crippen MR) is 53.9 cm³/mol. The molecule has 2 aliphatic rings. The zero-order valence-electron chi connectivity index (χ0n) is 9.03. The van der Waals surface area contributed by atoms with Crippen molar-refractivity contribution in [2.75, 3.05) is 19.7 Å². The van der Waals surface area contributed by atoms with Gasteiger partial charge in [-0.1, -0.05) is 0 Å². The van der Waals surface area contributed by atoms with E-state index in [1.54, 1.807) is 0 Å². The molecule has 82 valence electrons. The van der Waals surface area contributed by atoms with Gasteiger partial charge in [-0.2, -0.15) is 5.26 Å². The van der Waals surface area contributed by atoms with Crippen LogP contribution < -0.4 is 0 Å². The summed E-state index contributed by atoms with van der Waals surface area (Å²) in [6.07, 6.45) is 2.52. The number of hydrogen-bond acceptors (Lipinski definition) is 4.